The number of rotatable bonds is 4. The monoisotopic (exact) mass is 307 g/mol. The third kappa shape index (κ3) is 3.27. The number of aromatic nitrogens is 2. The molecule has 0 atom stereocenters. The molecule has 0 aliphatic carbocycles. The standard InChI is InChI=1S/C12H10BrN3O2/c13-9-3-1-2-8(4-9)5-15-11-7-14-10(6-16-11)12(17)18/h1-4,6-7H,5H2,(H,15,16)(H,17,18). The van der Waals surface area contributed by atoms with Gasteiger partial charge in [0.1, 0.15) is 5.82 Å². The van der Waals surface area contributed by atoms with Gasteiger partial charge in [-0.05, 0) is 17.7 Å². The Morgan fingerprint density at radius 1 is 1.33 bits per heavy atom. The van der Waals surface area contributed by atoms with Gasteiger partial charge in [-0.15, -0.1) is 0 Å². The molecule has 0 radical (unpaired) electrons. The normalized spacial score (nSPS) is 10.1. The Hall–Kier alpha value is -1.95. The van der Waals surface area contributed by atoms with Crippen LogP contribution in [0.15, 0.2) is 41.1 Å². The van der Waals surface area contributed by atoms with Crippen molar-refractivity contribution in [1.29, 1.82) is 0 Å². The minimum absolute atomic E-state index is 0.0667. The zero-order chi connectivity index (χ0) is 13.0. The molecule has 92 valence electrons. The maximum absolute atomic E-state index is 10.6. The lowest BCUT2D eigenvalue weighted by Crippen LogP contribution is -2.05. The van der Waals surface area contributed by atoms with Crippen LogP contribution in [0, 0.1) is 0 Å². The fraction of sp³-hybridized carbons (Fsp3) is 0.0833. The molecule has 2 rings (SSSR count). The van der Waals surface area contributed by atoms with Crippen molar-refractivity contribution < 1.29 is 9.90 Å². The number of hydrogen-bond donors (Lipinski definition) is 2. The van der Waals surface area contributed by atoms with Crippen LogP contribution in [-0.2, 0) is 6.54 Å². The number of nitrogens with one attached hydrogen (secondary N) is 1. The van der Waals surface area contributed by atoms with E-state index in [1.807, 2.05) is 24.3 Å². The van der Waals surface area contributed by atoms with Crippen LogP contribution in [-0.4, -0.2) is 21.0 Å². The first-order valence-corrected chi connectivity index (χ1v) is 5.98. The van der Waals surface area contributed by atoms with Gasteiger partial charge in [-0.2, -0.15) is 0 Å². The molecule has 1 aromatic carbocycles. The van der Waals surface area contributed by atoms with E-state index in [9.17, 15) is 4.79 Å². The van der Waals surface area contributed by atoms with E-state index in [0.29, 0.717) is 12.4 Å². The summed E-state index contributed by atoms with van der Waals surface area (Å²) in [7, 11) is 0. The van der Waals surface area contributed by atoms with Gasteiger partial charge < -0.3 is 10.4 Å². The van der Waals surface area contributed by atoms with Crippen LogP contribution in [0.25, 0.3) is 0 Å². The summed E-state index contributed by atoms with van der Waals surface area (Å²) < 4.78 is 1.01. The number of nitrogens with zero attached hydrogens (tertiary/aromatic N) is 2. The summed E-state index contributed by atoms with van der Waals surface area (Å²) in [5.74, 6) is -0.541. The lowest BCUT2D eigenvalue weighted by atomic mass is 10.2. The third-order valence-corrected chi connectivity index (χ3v) is 2.73. The van der Waals surface area contributed by atoms with Crippen LogP contribution in [0.5, 0.6) is 0 Å². The first-order chi connectivity index (χ1) is 8.65. The number of benzene rings is 1. The zero-order valence-corrected chi connectivity index (χ0v) is 10.9. The molecule has 0 aliphatic heterocycles. The molecule has 0 unspecified atom stereocenters. The highest BCUT2D eigenvalue weighted by Gasteiger charge is 2.04. The molecule has 0 fully saturated rings. The number of carboxylic acids is 1. The number of anilines is 1. The van der Waals surface area contributed by atoms with Gasteiger partial charge in [-0.25, -0.2) is 14.8 Å². The van der Waals surface area contributed by atoms with Gasteiger partial charge in [-0.3, -0.25) is 0 Å². The minimum atomic E-state index is -1.08. The van der Waals surface area contributed by atoms with Crippen molar-refractivity contribution >= 4 is 27.7 Å². The first-order valence-electron chi connectivity index (χ1n) is 5.19. The van der Waals surface area contributed by atoms with Gasteiger partial charge >= 0.3 is 5.97 Å². The summed E-state index contributed by atoms with van der Waals surface area (Å²) in [5, 5.41) is 11.8. The van der Waals surface area contributed by atoms with E-state index in [0.717, 1.165) is 10.0 Å². The second kappa shape index (κ2) is 5.59. The third-order valence-electron chi connectivity index (χ3n) is 2.23. The molecule has 2 aromatic rings. The van der Waals surface area contributed by atoms with Crippen LogP contribution >= 0.6 is 15.9 Å². The van der Waals surface area contributed by atoms with Crippen molar-refractivity contribution in [3.8, 4) is 0 Å². The van der Waals surface area contributed by atoms with Crippen LogP contribution in [0.4, 0.5) is 5.82 Å². The maximum Gasteiger partial charge on any atom is 0.356 e. The van der Waals surface area contributed by atoms with Crippen LogP contribution in [0.2, 0.25) is 0 Å². The Labute approximate surface area is 112 Å². The summed E-state index contributed by atoms with van der Waals surface area (Å²) in [6.07, 6.45) is 2.63. The molecule has 0 saturated carbocycles. The predicted molar refractivity (Wildman–Crippen MR) is 70.5 cm³/mol. The van der Waals surface area contributed by atoms with E-state index in [-0.39, 0.29) is 5.69 Å². The van der Waals surface area contributed by atoms with Crippen molar-refractivity contribution in [3.63, 3.8) is 0 Å². The highest BCUT2D eigenvalue weighted by atomic mass is 79.9. The predicted octanol–water partition coefficient (Wildman–Crippen LogP) is 2.55. The van der Waals surface area contributed by atoms with Gasteiger partial charge in [-0.1, -0.05) is 28.1 Å². The summed E-state index contributed by atoms with van der Waals surface area (Å²) in [6.45, 7) is 0.598. The lowest BCUT2D eigenvalue weighted by Gasteiger charge is -2.05. The topological polar surface area (TPSA) is 75.1 Å². The molecule has 0 spiro atoms. The Morgan fingerprint density at radius 2 is 2.17 bits per heavy atom. The molecule has 2 N–H and O–H groups in total. The maximum atomic E-state index is 10.6. The summed E-state index contributed by atoms with van der Waals surface area (Å²) >= 11 is 3.39. The molecule has 0 bridgehead atoms. The molecule has 5 nitrogen and oxygen atoms in total. The van der Waals surface area contributed by atoms with Crippen LogP contribution < -0.4 is 5.32 Å². The van der Waals surface area contributed by atoms with Crippen molar-refractivity contribution in [2.45, 2.75) is 6.54 Å². The van der Waals surface area contributed by atoms with Gasteiger partial charge in [0.2, 0.25) is 0 Å². The largest absolute Gasteiger partial charge is 0.476 e. The summed E-state index contributed by atoms with van der Waals surface area (Å²) in [6, 6.07) is 7.87. The fourth-order valence-corrected chi connectivity index (χ4v) is 1.82. The van der Waals surface area contributed by atoms with Crippen molar-refractivity contribution in [2.75, 3.05) is 5.32 Å². The Bertz CT molecular complexity index is 558. The van der Waals surface area contributed by atoms with Gasteiger partial charge in [0.05, 0.1) is 12.4 Å². The van der Waals surface area contributed by atoms with Gasteiger partial charge in [0.15, 0.2) is 5.69 Å². The number of halogens is 1. The van der Waals surface area contributed by atoms with Crippen molar-refractivity contribution in [3.05, 3.63) is 52.4 Å². The Balaban J connectivity index is 2.00. The average Bonchev–Trinajstić information content (AvgIpc) is 2.37. The molecular weight excluding hydrogens is 298 g/mol. The second-order valence-corrected chi connectivity index (χ2v) is 4.49. The van der Waals surface area contributed by atoms with Gasteiger partial charge in [0.25, 0.3) is 0 Å². The van der Waals surface area contributed by atoms with E-state index >= 15 is 0 Å². The van der Waals surface area contributed by atoms with Crippen molar-refractivity contribution in [2.24, 2.45) is 0 Å². The molecule has 0 saturated heterocycles. The van der Waals surface area contributed by atoms with E-state index in [2.05, 4.69) is 31.2 Å². The zero-order valence-electron chi connectivity index (χ0n) is 9.30. The van der Waals surface area contributed by atoms with E-state index in [1.165, 1.54) is 12.4 Å². The number of carbonyl (C=O) groups is 1. The highest BCUT2D eigenvalue weighted by Crippen LogP contribution is 2.12. The molecule has 0 aliphatic rings. The molecule has 1 heterocycles. The number of carboxylic acid groups (broad SMARTS) is 1. The van der Waals surface area contributed by atoms with Crippen LogP contribution in [0.1, 0.15) is 16.1 Å². The van der Waals surface area contributed by atoms with E-state index in [1.54, 1.807) is 0 Å². The number of hydrogen-bond acceptors (Lipinski definition) is 4. The Morgan fingerprint density at radius 3 is 2.78 bits per heavy atom. The molecule has 1 aromatic heterocycles. The SMILES string of the molecule is O=C(O)c1cnc(NCc2cccc(Br)c2)cn1. The molecule has 0 amide bonds. The average molecular weight is 308 g/mol. The quantitative estimate of drug-likeness (QED) is 0.908. The highest BCUT2D eigenvalue weighted by molar-refractivity contribution is 9.10. The lowest BCUT2D eigenvalue weighted by molar-refractivity contribution is 0.0690. The second-order valence-electron chi connectivity index (χ2n) is 3.58. The van der Waals surface area contributed by atoms with E-state index in [4.69, 9.17) is 5.11 Å². The van der Waals surface area contributed by atoms with Crippen LogP contribution in [0.3, 0.4) is 0 Å². The van der Waals surface area contributed by atoms with Crippen molar-refractivity contribution in [1.82, 2.24) is 9.97 Å². The smallest absolute Gasteiger partial charge is 0.356 e. The molecule has 18 heavy (non-hydrogen) atoms. The molecular formula is C12H10BrN3O2. The summed E-state index contributed by atoms with van der Waals surface area (Å²) in [5.41, 5.74) is 1.02. The fourth-order valence-electron chi connectivity index (χ4n) is 1.37. The number of aromatic carboxylic acids is 1. The minimum Gasteiger partial charge on any atom is -0.476 e. The first kappa shape index (κ1) is 12.5. The Kier molecular flexibility index (Phi) is 3.88. The molecule has 6 heteroatoms. The van der Waals surface area contributed by atoms with E-state index < -0.39 is 5.97 Å². The summed E-state index contributed by atoms with van der Waals surface area (Å²) in [4.78, 5) is 18.3. The van der Waals surface area contributed by atoms with Gasteiger partial charge in [0, 0.05) is 11.0 Å².